The van der Waals surface area contributed by atoms with Gasteiger partial charge in [-0.3, -0.25) is 4.79 Å². The highest BCUT2D eigenvalue weighted by molar-refractivity contribution is 6.15. The summed E-state index contributed by atoms with van der Waals surface area (Å²) >= 11 is 0. The molecule has 3 aromatic carbocycles. The highest BCUT2D eigenvalue weighted by Gasteiger charge is 2.26. The molecule has 0 spiro atoms. The Balaban J connectivity index is 1.73. The molecule has 0 atom stereocenters. The van der Waals surface area contributed by atoms with E-state index >= 15 is 0 Å². The summed E-state index contributed by atoms with van der Waals surface area (Å²) in [5.74, 6) is 0.137. The minimum Gasteiger partial charge on any atom is -0.363 e. The molecule has 4 rings (SSSR count). The smallest absolute Gasteiger partial charge is 0.188 e. The Morgan fingerprint density at radius 1 is 0.655 bits per heavy atom. The van der Waals surface area contributed by atoms with E-state index in [-0.39, 0.29) is 5.78 Å². The summed E-state index contributed by atoms with van der Waals surface area (Å²) in [6, 6.07) is 26.9. The molecule has 0 aliphatic carbocycles. The largest absolute Gasteiger partial charge is 0.363 e. The summed E-state index contributed by atoms with van der Waals surface area (Å²) in [7, 11) is 0. The maximum atomic E-state index is 13.3. The van der Waals surface area contributed by atoms with Crippen LogP contribution in [0.5, 0.6) is 0 Å². The monoisotopic (exact) mass is 379 g/mol. The number of para-hydroxylation sites is 1. The molecule has 1 fully saturated rings. The van der Waals surface area contributed by atoms with Crippen molar-refractivity contribution in [3.8, 4) is 0 Å². The highest BCUT2D eigenvalue weighted by Crippen LogP contribution is 2.26. The molecule has 0 aromatic heterocycles. The number of Topliss-reactive ketones (excluding diaryl/α,β-unsaturated/α-hetero) is 1. The lowest BCUT2D eigenvalue weighted by molar-refractivity contribution is -0.112. The van der Waals surface area contributed by atoms with Crippen LogP contribution in [0.15, 0.2) is 90.0 Å². The van der Waals surface area contributed by atoms with Crippen LogP contribution in [-0.2, 0) is 4.79 Å². The molecular weight excluding hydrogens is 354 g/mol. The predicted molar refractivity (Wildman–Crippen MR) is 122 cm³/mol. The van der Waals surface area contributed by atoms with E-state index in [0.717, 1.165) is 28.0 Å². The van der Waals surface area contributed by atoms with Crippen LogP contribution in [0.1, 0.15) is 22.3 Å². The van der Waals surface area contributed by atoms with E-state index in [2.05, 4.69) is 79.4 Å². The topological polar surface area (TPSA) is 20.3 Å². The fourth-order valence-corrected chi connectivity index (χ4v) is 3.59. The number of benzene rings is 3. The molecule has 0 bridgehead atoms. The minimum atomic E-state index is 0.137. The third-order valence-corrected chi connectivity index (χ3v) is 5.26. The van der Waals surface area contributed by atoms with Crippen LogP contribution < -0.4 is 4.90 Å². The lowest BCUT2D eigenvalue weighted by Crippen LogP contribution is -2.37. The Morgan fingerprint density at radius 3 is 1.55 bits per heavy atom. The summed E-state index contributed by atoms with van der Waals surface area (Å²) in [5.41, 5.74) is 7.32. The maximum Gasteiger partial charge on any atom is 0.188 e. The van der Waals surface area contributed by atoms with Gasteiger partial charge < -0.3 is 4.90 Å². The number of hydrogen-bond donors (Lipinski definition) is 0. The summed E-state index contributed by atoms with van der Waals surface area (Å²) in [6.45, 7) is 5.37. The van der Waals surface area contributed by atoms with Crippen LogP contribution in [0.25, 0.3) is 12.2 Å². The number of aryl methyl sites for hydroxylation is 2. The number of piperidine rings is 1. The second-order valence-corrected chi connectivity index (χ2v) is 7.68. The van der Waals surface area contributed by atoms with Crippen LogP contribution >= 0.6 is 0 Å². The van der Waals surface area contributed by atoms with E-state index in [9.17, 15) is 4.79 Å². The van der Waals surface area contributed by atoms with Crippen molar-refractivity contribution in [2.24, 2.45) is 0 Å². The Morgan fingerprint density at radius 2 is 1.10 bits per heavy atom. The number of anilines is 1. The normalized spacial score (nSPS) is 17.2. The SMILES string of the molecule is Cc1ccc(/C=C2\CN(c3ccccc3)C/C(=C\c3ccc(C)cc3)C2=O)cc1. The molecule has 1 saturated heterocycles. The van der Waals surface area contributed by atoms with Crippen molar-refractivity contribution in [2.75, 3.05) is 18.0 Å². The molecule has 1 aliphatic rings. The molecule has 1 aliphatic heterocycles. The fourth-order valence-electron chi connectivity index (χ4n) is 3.59. The highest BCUT2D eigenvalue weighted by atomic mass is 16.1. The van der Waals surface area contributed by atoms with Gasteiger partial charge in [0.15, 0.2) is 5.78 Å². The van der Waals surface area contributed by atoms with Crippen molar-refractivity contribution in [1.82, 2.24) is 0 Å². The number of hydrogen-bond acceptors (Lipinski definition) is 2. The summed E-state index contributed by atoms with van der Waals surface area (Å²) in [6.07, 6.45) is 4.06. The van der Waals surface area contributed by atoms with Gasteiger partial charge in [-0.1, -0.05) is 77.9 Å². The Kier molecular flexibility index (Phi) is 5.44. The van der Waals surface area contributed by atoms with Gasteiger partial charge in [0.1, 0.15) is 0 Å². The van der Waals surface area contributed by atoms with Crippen LogP contribution in [0.3, 0.4) is 0 Å². The first-order chi connectivity index (χ1) is 14.1. The van der Waals surface area contributed by atoms with Crippen molar-refractivity contribution in [3.63, 3.8) is 0 Å². The second kappa shape index (κ2) is 8.32. The zero-order valence-corrected chi connectivity index (χ0v) is 16.9. The van der Waals surface area contributed by atoms with E-state index in [1.807, 2.05) is 30.4 Å². The first-order valence-electron chi connectivity index (χ1n) is 9.98. The molecule has 144 valence electrons. The van der Waals surface area contributed by atoms with E-state index in [1.165, 1.54) is 11.1 Å². The summed E-state index contributed by atoms with van der Waals surface area (Å²) in [5, 5.41) is 0. The molecule has 0 unspecified atom stereocenters. The standard InChI is InChI=1S/C27H25NO/c1-20-8-12-22(13-9-20)16-24-18-28(26-6-4-3-5-7-26)19-25(27(24)29)17-23-14-10-21(2)11-15-23/h3-17H,18-19H2,1-2H3/b24-16+,25-17+. The average molecular weight is 380 g/mol. The van der Waals surface area contributed by atoms with E-state index in [0.29, 0.717) is 13.1 Å². The molecule has 2 heteroatoms. The van der Waals surface area contributed by atoms with Gasteiger partial charge >= 0.3 is 0 Å². The van der Waals surface area contributed by atoms with Gasteiger partial charge in [-0.2, -0.15) is 0 Å². The van der Waals surface area contributed by atoms with Crippen molar-refractivity contribution in [1.29, 1.82) is 0 Å². The number of rotatable bonds is 3. The van der Waals surface area contributed by atoms with Crippen LogP contribution in [0.2, 0.25) is 0 Å². The van der Waals surface area contributed by atoms with Crippen LogP contribution in [0, 0.1) is 13.8 Å². The molecule has 2 nitrogen and oxygen atoms in total. The summed E-state index contributed by atoms with van der Waals surface area (Å²) < 4.78 is 0. The third-order valence-electron chi connectivity index (χ3n) is 5.26. The first kappa shape index (κ1) is 18.9. The lowest BCUT2D eigenvalue weighted by Gasteiger charge is -2.31. The van der Waals surface area contributed by atoms with Gasteiger partial charge in [0.25, 0.3) is 0 Å². The average Bonchev–Trinajstić information content (AvgIpc) is 2.74. The molecule has 29 heavy (non-hydrogen) atoms. The van der Waals surface area contributed by atoms with E-state index in [4.69, 9.17) is 0 Å². The number of ketones is 1. The lowest BCUT2D eigenvalue weighted by atomic mass is 9.93. The second-order valence-electron chi connectivity index (χ2n) is 7.68. The van der Waals surface area contributed by atoms with E-state index < -0.39 is 0 Å². The van der Waals surface area contributed by atoms with Crippen molar-refractivity contribution in [3.05, 3.63) is 112 Å². The number of carbonyl (C=O) groups is 1. The number of nitrogens with zero attached hydrogens (tertiary/aromatic N) is 1. The van der Waals surface area contributed by atoms with Crippen LogP contribution in [-0.4, -0.2) is 18.9 Å². The zero-order valence-electron chi connectivity index (χ0n) is 16.9. The van der Waals surface area contributed by atoms with Gasteiger partial charge in [-0.15, -0.1) is 0 Å². The summed E-state index contributed by atoms with van der Waals surface area (Å²) in [4.78, 5) is 15.5. The van der Waals surface area contributed by atoms with Gasteiger partial charge in [-0.25, -0.2) is 0 Å². The molecule has 0 saturated carbocycles. The predicted octanol–water partition coefficient (Wildman–Crippen LogP) is 5.86. The molecule has 0 N–H and O–H groups in total. The zero-order chi connectivity index (χ0) is 20.2. The van der Waals surface area contributed by atoms with Crippen molar-refractivity contribution in [2.45, 2.75) is 13.8 Å². The van der Waals surface area contributed by atoms with Crippen molar-refractivity contribution >= 4 is 23.6 Å². The first-order valence-corrected chi connectivity index (χ1v) is 9.98. The van der Waals surface area contributed by atoms with Crippen LogP contribution in [0.4, 0.5) is 5.69 Å². The van der Waals surface area contributed by atoms with Crippen molar-refractivity contribution < 1.29 is 4.79 Å². The molecule has 0 amide bonds. The maximum absolute atomic E-state index is 13.3. The van der Waals surface area contributed by atoms with E-state index in [1.54, 1.807) is 0 Å². The minimum absolute atomic E-state index is 0.137. The molecule has 3 aromatic rings. The van der Waals surface area contributed by atoms with Gasteiger partial charge in [-0.05, 0) is 49.3 Å². The quantitative estimate of drug-likeness (QED) is 0.531. The Labute approximate surface area is 172 Å². The third kappa shape index (κ3) is 4.55. The Bertz CT molecular complexity index is 990. The van der Waals surface area contributed by atoms with Gasteiger partial charge in [0.2, 0.25) is 0 Å². The van der Waals surface area contributed by atoms with Gasteiger partial charge in [0.05, 0.1) is 0 Å². The Hall–Kier alpha value is -3.39. The molecule has 1 heterocycles. The number of carbonyl (C=O) groups excluding carboxylic acids is 1. The molecule has 0 radical (unpaired) electrons. The molecular formula is C27H25NO. The van der Waals surface area contributed by atoms with Gasteiger partial charge in [0, 0.05) is 29.9 Å². The fraction of sp³-hybridized carbons (Fsp3) is 0.148.